The summed E-state index contributed by atoms with van der Waals surface area (Å²) in [5.41, 5.74) is 5.28. The first-order valence-electron chi connectivity index (χ1n) is 6.79. The number of carbonyl (C=O) groups is 3. The van der Waals surface area contributed by atoms with E-state index >= 15 is 0 Å². The molecule has 1 aliphatic heterocycles. The molecular weight excluding hydrogens is 294 g/mol. The van der Waals surface area contributed by atoms with Gasteiger partial charge in [-0.25, -0.2) is 4.79 Å². The Morgan fingerprint density at radius 3 is 2.45 bits per heavy atom. The lowest BCUT2D eigenvalue weighted by atomic mass is 10.1. The van der Waals surface area contributed by atoms with Gasteiger partial charge in [-0.05, 0) is 12.8 Å². The number of rotatable bonds is 6. The van der Waals surface area contributed by atoms with Gasteiger partial charge in [-0.15, -0.1) is 4.73 Å². The average molecular weight is 311 g/mol. The highest BCUT2D eigenvalue weighted by Crippen LogP contribution is 2.20. The molecule has 9 nitrogen and oxygen atoms in total. The van der Waals surface area contributed by atoms with Crippen LogP contribution in [-0.2, 0) is 14.4 Å². The molecule has 2 heterocycles. The Balaban J connectivity index is 1.93. The molecule has 9 heteroatoms. The highest BCUT2D eigenvalue weighted by Gasteiger charge is 2.32. The van der Waals surface area contributed by atoms with E-state index < -0.39 is 29.7 Å². The van der Waals surface area contributed by atoms with Crippen molar-refractivity contribution in [3.63, 3.8) is 0 Å². The molecule has 0 radical (unpaired) electrons. The van der Waals surface area contributed by atoms with Gasteiger partial charge in [0, 0.05) is 25.1 Å². The van der Waals surface area contributed by atoms with Gasteiger partial charge in [-0.3, -0.25) is 9.59 Å². The van der Waals surface area contributed by atoms with Gasteiger partial charge in [-0.2, -0.15) is 0 Å². The molecule has 120 valence electrons. The average Bonchev–Trinajstić information content (AvgIpc) is 3.00. The zero-order valence-electron chi connectivity index (χ0n) is 11.8. The van der Waals surface area contributed by atoms with Crippen molar-refractivity contribution in [3.05, 3.63) is 12.1 Å². The Kier molecular flexibility index (Phi) is 4.54. The monoisotopic (exact) mass is 311 g/mol. The maximum Gasteiger partial charge on any atom is 0.333 e. The molecule has 0 aromatic carbocycles. The number of hydrogen-bond donors (Lipinski definition) is 3. The molecule has 0 unspecified atom stereocenters. The first-order chi connectivity index (χ1) is 10.4. The summed E-state index contributed by atoms with van der Waals surface area (Å²) in [5.74, 6) is -2.51. The van der Waals surface area contributed by atoms with Gasteiger partial charge in [0.25, 0.3) is 0 Å². The Labute approximate surface area is 125 Å². The second-order valence-electron chi connectivity index (χ2n) is 4.95. The SMILES string of the molecule is NC(=O)[C@@H](CCC(=O)On1c(O)ccc1O)N1CCCC1=O. The first kappa shape index (κ1) is 15.7. The molecule has 0 spiro atoms. The second-order valence-corrected chi connectivity index (χ2v) is 4.95. The van der Waals surface area contributed by atoms with Crippen molar-refractivity contribution in [2.24, 2.45) is 5.73 Å². The fourth-order valence-electron chi connectivity index (χ4n) is 2.35. The van der Waals surface area contributed by atoms with Crippen LogP contribution in [0.2, 0.25) is 0 Å². The number of primary amides is 1. The third-order valence-corrected chi connectivity index (χ3v) is 3.43. The van der Waals surface area contributed by atoms with E-state index in [1.54, 1.807) is 0 Å². The van der Waals surface area contributed by atoms with Crippen LogP contribution in [0.3, 0.4) is 0 Å². The fourth-order valence-corrected chi connectivity index (χ4v) is 2.35. The van der Waals surface area contributed by atoms with Crippen LogP contribution >= 0.6 is 0 Å². The number of carbonyl (C=O) groups excluding carboxylic acids is 3. The molecule has 0 aliphatic carbocycles. The Morgan fingerprint density at radius 1 is 1.32 bits per heavy atom. The summed E-state index contributed by atoms with van der Waals surface area (Å²) in [5, 5.41) is 18.7. The smallest absolute Gasteiger partial charge is 0.333 e. The predicted molar refractivity (Wildman–Crippen MR) is 72.5 cm³/mol. The quantitative estimate of drug-likeness (QED) is 0.624. The number of nitrogens with two attached hydrogens (primary N) is 1. The summed E-state index contributed by atoms with van der Waals surface area (Å²) in [4.78, 5) is 40.9. The Hall–Kier alpha value is -2.71. The molecule has 0 saturated carbocycles. The van der Waals surface area contributed by atoms with Crippen LogP contribution in [0.4, 0.5) is 0 Å². The van der Waals surface area contributed by atoms with Crippen LogP contribution in [0.1, 0.15) is 25.7 Å². The van der Waals surface area contributed by atoms with Crippen LogP contribution in [0.25, 0.3) is 0 Å². The van der Waals surface area contributed by atoms with Crippen LogP contribution in [-0.4, -0.2) is 50.2 Å². The maximum atomic E-state index is 11.7. The van der Waals surface area contributed by atoms with E-state index in [0.29, 0.717) is 24.1 Å². The van der Waals surface area contributed by atoms with E-state index in [1.165, 1.54) is 4.90 Å². The van der Waals surface area contributed by atoms with Gasteiger partial charge >= 0.3 is 5.97 Å². The predicted octanol–water partition coefficient (Wildman–Crippen LogP) is -0.889. The molecule has 1 fully saturated rings. The molecule has 1 aromatic heterocycles. The van der Waals surface area contributed by atoms with E-state index in [1.807, 2.05) is 0 Å². The van der Waals surface area contributed by atoms with Gasteiger partial charge in [0.05, 0.1) is 6.42 Å². The Morgan fingerprint density at radius 2 is 1.95 bits per heavy atom. The van der Waals surface area contributed by atoms with Crippen molar-refractivity contribution in [2.75, 3.05) is 6.54 Å². The molecule has 2 rings (SSSR count). The van der Waals surface area contributed by atoms with Crippen LogP contribution in [0, 0.1) is 0 Å². The zero-order chi connectivity index (χ0) is 16.3. The summed E-state index contributed by atoms with van der Waals surface area (Å²) in [6.45, 7) is 0.431. The van der Waals surface area contributed by atoms with Crippen LogP contribution in [0.5, 0.6) is 11.8 Å². The molecule has 1 aliphatic rings. The first-order valence-corrected chi connectivity index (χ1v) is 6.79. The third kappa shape index (κ3) is 3.30. The van der Waals surface area contributed by atoms with Crippen molar-refractivity contribution < 1.29 is 29.4 Å². The molecule has 22 heavy (non-hydrogen) atoms. The minimum Gasteiger partial charge on any atom is -0.492 e. The minimum atomic E-state index is -0.866. The molecule has 1 saturated heterocycles. The summed E-state index contributed by atoms with van der Waals surface area (Å²) < 4.78 is 0.558. The Bertz CT molecular complexity index is 577. The molecule has 1 aromatic rings. The molecular formula is C13H17N3O6. The molecule has 0 bridgehead atoms. The highest BCUT2D eigenvalue weighted by atomic mass is 16.7. The number of nitrogens with zero attached hydrogens (tertiary/aromatic N) is 2. The molecule has 4 N–H and O–H groups in total. The maximum absolute atomic E-state index is 11.7. The van der Waals surface area contributed by atoms with Crippen molar-refractivity contribution in [1.82, 2.24) is 9.63 Å². The van der Waals surface area contributed by atoms with Crippen molar-refractivity contribution in [2.45, 2.75) is 31.7 Å². The summed E-state index contributed by atoms with van der Waals surface area (Å²) in [7, 11) is 0. The van der Waals surface area contributed by atoms with Gasteiger partial charge in [0.15, 0.2) is 0 Å². The molecule has 1 atom stereocenters. The minimum absolute atomic E-state index is 0.0166. The number of aromatic nitrogens is 1. The van der Waals surface area contributed by atoms with E-state index in [9.17, 15) is 24.6 Å². The van der Waals surface area contributed by atoms with E-state index in [4.69, 9.17) is 10.6 Å². The van der Waals surface area contributed by atoms with E-state index in [2.05, 4.69) is 0 Å². The second kappa shape index (κ2) is 6.37. The van der Waals surface area contributed by atoms with Gasteiger partial charge < -0.3 is 25.7 Å². The highest BCUT2D eigenvalue weighted by molar-refractivity contribution is 5.88. The van der Waals surface area contributed by atoms with Gasteiger partial charge in [0.2, 0.25) is 23.6 Å². The topological polar surface area (TPSA) is 135 Å². The van der Waals surface area contributed by atoms with Crippen molar-refractivity contribution in [1.29, 1.82) is 0 Å². The van der Waals surface area contributed by atoms with Crippen LogP contribution in [0.15, 0.2) is 12.1 Å². The molecule has 2 amide bonds. The lowest BCUT2D eigenvalue weighted by Crippen LogP contribution is -2.45. The number of likely N-dealkylation sites (tertiary alicyclic amines) is 1. The summed E-state index contributed by atoms with van der Waals surface area (Å²) >= 11 is 0. The van der Waals surface area contributed by atoms with Crippen molar-refractivity contribution >= 4 is 17.8 Å². The lowest BCUT2D eigenvalue weighted by molar-refractivity contribution is -0.146. The number of hydrogen-bond acceptors (Lipinski definition) is 6. The number of amides is 2. The lowest BCUT2D eigenvalue weighted by Gasteiger charge is -2.24. The third-order valence-electron chi connectivity index (χ3n) is 3.43. The zero-order valence-corrected chi connectivity index (χ0v) is 11.8. The number of aromatic hydroxyl groups is 2. The van der Waals surface area contributed by atoms with E-state index in [0.717, 1.165) is 12.1 Å². The van der Waals surface area contributed by atoms with Crippen LogP contribution < -0.4 is 10.6 Å². The largest absolute Gasteiger partial charge is 0.492 e. The van der Waals surface area contributed by atoms with E-state index in [-0.39, 0.29) is 18.7 Å². The fraction of sp³-hybridized carbons (Fsp3) is 0.462. The summed E-state index contributed by atoms with van der Waals surface area (Å²) in [6.07, 6.45) is 0.828. The van der Waals surface area contributed by atoms with Gasteiger partial charge in [-0.1, -0.05) is 0 Å². The summed E-state index contributed by atoms with van der Waals surface area (Å²) in [6, 6.07) is 1.43. The normalized spacial score (nSPS) is 15.8. The van der Waals surface area contributed by atoms with Crippen molar-refractivity contribution in [3.8, 4) is 11.8 Å². The van der Waals surface area contributed by atoms with Gasteiger partial charge in [0.1, 0.15) is 6.04 Å². The standard InChI is InChI=1S/C13H17N3O6/c14-13(21)8(15-7-1-2-9(15)17)3-6-12(20)22-16-10(18)4-5-11(16)19/h4-5,8,18-19H,1-3,6-7H2,(H2,14,21)/t8-/m1/s1.